The summed E-state index contributed by atoms with van der Waals surface area (Å²) in [6, 6.07) is 18.2. The Morgan fingerprint density at radius 1 is 1.03 bits per heavy atom. The van der Waals surface area contributed by atoms with Crippen LogP contribution in [0.1, 0.15) is 11.5 Å². The Morgan fingerprint density at radius 3 is 2.53 bits per heavy atom. The van der Waals surface area contributed by atoms with E-state index in [1.807, 2.05) is 36.4 Å². The minimum Gasteiger partial charge on any atom is -0.360 e. The molecule has 4 aromatic rings. The number of fused-ring (bicyclic) bond motifs is 1. The van der Waals surface area contributed by atoms with Crippen LogP contribution < -0.4 is 5.32 Å². The quantitative estimate of drug-likeness (QED) is 0.507. The van der Waals surface area contributed by atoms with Gasteiger partial charge in [-0.3, -0.25) is 14.6 Å². The minimum absolute atomic E-state index is 0.0695. The van der Waals surface area contributed by atoms with Crippen LogP contribution in [0.2, 0.25) is 0 Å². The van der Waals surface area contributed by atoms with Gasteiger partial charge in [0.25, 0.3) is 0 Å². The number of anilines is 1. The zero-order valence-corrected chi connectivity index (χ0v) is 18.1. The van der Waals surface area contributed by atoms with E-state index in [0.29, 0.717) is 18.1 Å². The highest BCUT2D eigenvalue weighted by Crippen LogP contribution is 2.26. The molecule has 8 heteroatoms. The number of imidazole rings is 1. The molecule has 1 N–H and O–H groups in total. The second-order valence-electron chi connectivity index (χ2n) is 8.13. The number of rotatable bonds is 6. The molecule has 0 bridgehead atoms. The Kier molecular flexibility index (Phi) is 5.70. The fourth-order valence-corrected chi connectivity index (χ4v) is 4.15. The minimum atomic E-state index is -0.0695. The fourth-order valence-electron chi connectivity index (χ4n) is 4.15. The Bertz CT molecular complexity index is 1210. The summed E-state index contributed by atoms with van der Waals surface area (Å²) in [6.07, 6.45) is 2.08. The molecule has 0 atom stereocenters. The molecular formula is C24H26N6O2. The van der Waals surface area contributed by atoms with Crippen molar-refractivity contribution in [3.63, 3.8) is 0 Å². The average Bonchev–Trinajstić information content (AvgIpc) is 3.39. The lowest BCUT2D eigenvalue weighted by Gasteiger charge is -2.34. The van der Waals surface area contributed by atoms with Crippen LogP contribution in [-0.4, -0.2) is 63.0 Å². The molecule has 3 aromatic heterocycles. The van der Waals surface area contributed by atoms with E-state index >= 15 is 0 Å². The van der Waals surface area contributed by atoms with Crippen LogP contribution in [0.4, 0.5) is 5.82 Å². The second-order valence-corrected chi connectivity index (χ2v) is 8.13. The summed E-state index contributed by atoms with van der Waals surface area (Å²) >= 11 is 0. The fraction of sp³-hybridized carbons (Fsp3) is 0.292. The van der Waals surface area contributed by atoms with E-state index in [9.17, 15) is 4.79 Å². The van der Waals surface area contributed by atoms with Crippen molar-refractivity contribution in [3.05, 3.63) is 72.2 Å². The topological polar surface area (TPSA) is 78.9 Å². The van der Waals surface area contributed by atoms with Crippen molar-refractivity contribution in [1.82, 2.24) is 24.3 Å². The molecule has 1 aromatic carbocycles. The third-order valence-corrected chi connectivity index (χ3v) is 5.78. The largest absolute Gasteiger partial charge is 0.360 e. The molecule has 4 heterocycles. The summed E-state index contributed by atoms with van der Waals surface area (Å²) < 4.78 is 7.18. The number of carbonyl (C=O) groups is 1. The normalized spacial score (nSPS) is 15.3. The first-order chi connectivity index (χ1) is 15.7. The van der Waals surface area contributed by atoms with Crippen LogP contribution in [0, 0.1) is 6.92 Å². The summed E-state index contributed by atoms with van der Waals surface area (Å²) in [7, 11) is 0. The van der Waals surface area contributed by atoms with E-state index in [1.54, 1.807) is 13.0 Å². The summed E-state index contributed by atoms with van der Waals surface area (Å²) in [5, 5.41) is 6.61. The van der Waals surface area contributed by atoms with Crippen molar-refractivity contribution in [2.24, 2.45) is 0 Å². The summed E-state index contributed by atoms with van der Waals surface area (Å²) in [4.78, 5) is 21.8. The highest BCUT2D eigenvalue weighted by Gasteiger charge is 2.22. The Balaban J connectivity index is 1.24. The second kappa shape index (κ2) is 8.94. The number of hydrogen-bond acceptors (Lipinski definition) is 6. The number of carbonyl (C=O) groups excluding carboxylic acids is 1. The highest BCUT2D eigenvalue weighted by atomic mass is 16.5. The van der Waals surface area contributed by atoms with Crippen LogP contribution in [-0.2, 0) is 11.3 Å². The van der Waals surface area contributed by atoms with E-state index in [4.69, 9.17) is 9.51 Å². The van der Waals surface area contributed by atoms with Crippen LogP contribution >= 0.6 is 0 Å². The van der Waals surface area contributed by atoms with Crippen LogP contribution in [0.5, 0.6) is 0 Å². The smallest absolute Gasteiger partial charge is 0.239 e. The molecule has 164 valence electrons. The number of aromatic nitrogens is 3. The number of aryl methyl sites for hydroxylation is 1. The lowest BCUT2D eigenvalue weighted by atomic mass is 10.1. The molecule has 1 amide bonds. The molecule has 5 rings (SSSR count). The molecule has 0 radical (unpaired) electrons. The zero-order valence-electron chi connectivity index (χ0n) is 18.1. The third kappa shape index (κ3) is 4.42. The standard InChI is InChI=1S/C24H26N6O2/c1-18-15-21(27-32-18)25-23(31)17-29-13-11-28(12-14-29)16-20-24(19-7-3-2-4-8-19)26-22-9-5-6-10-30(20)22/h2-10,15H,11-14,16-17H2,1H3,(H,25,27,31). The van der Waals surface area contributed by atoms with Gasteiger partial charge in [-0.05, 0) is 19.1 Å². The van der Waals surface area contributed by atoms with E-state index in [1.165, 1.54) is 5.69 Å². The van der Waals surface area contributed by atoms with E-state index in [2.05, 4.69) is 43.0 Å². The Hall–Kier alpha value is -3.49. The van der Waals surface area contributed by atoms with Crippen molar-refractivity contribution < 1.29 is 9.32 Å². The zero-order chi connectivity index (χ0) is 21.9. The summed E-state index contributed by atoms with van der Waals surface area (Å²) in [6.45, 7) is 6.42. The SMILES string of the molecule is Cc1cc(NC(=O)CN2CCN(Cc3c(-c4ccccc4)nc4ccccn34)CC2)no1. The molecule has 1 aliphatic heterocycles. The first kappa shape index (κ1) is 20.4. The highest BCUT2D eigenvalue weighted by molar-refractivity contribution is 5.91. The molecule has 8 nitrogen and oxygen atoms in total. The van der Waals surface area contributed by atoms with Crippen LogP contribution in [0.25, 0.3) is 16.9 Å². The Labute approximate surface area is 186 Å². The maximum Gasteiger partial charge on any atom is 0.239 e. The molecular weight excluding hydrogens is 404 g/mol. The molecule has 1 saturated heterocycles. The summed E-state index contributed by atoms with van der Waals surface area (Å²) in [5.41, 5.74) is 4.31. The van der Waals surface area contributed by atoms with Gasteiger partial charge < -0.3 is 14.2 Å². The van der Waals surface area contributed by atoms with Gasteiger partial charge in [-0.1, -0.05) is 41.6 Å². The number of hydrogen-bond donors (Lipinski definition) is 1. The monoisotopic (exact) mass is 430 g/mol. The lowest BCUT2D eigenvalue weighted by Crippen LogP contribution is -2.48. The van der Waals surface area contributed by atoms with Gasteiger partial charge in [0.1, 0.15) is 11.4 Å². The van der Waals surface area contributed by atoms with E-state index < -0.39 is 0 Å². The number of nitrogens with one attached hydrogen (secondary N) is 1. The first-order valence-electron chi connectivity index (χ1n) is 10.8. The predicted octanol–water partition coefficient (Wildman–Crippen LogP) is 3.05. The van der Waals surface area contributed by atoms with Crippen molar-refractivity contribution >= 4 is 17.4 Å². The lowest BCUT2D eigenvalue weighted by molar-refractivity contribution is -0.117. The molecule has 0 spiro atoms. The van der Waals surface area contributed by atoms with Gasteiger partial charge in [0, 0.05) is 50.6 Å². The van der Waals surface area contributed by atoms with Gasteiger partial charge in [0.05, 0.1) is 17.9 Å². The molecule has 1 aliphatic rings. The summed E-state index contributed by atoms with van der Waals surface area (Å²) in [5.74, 6) is 1.07. The number of nitrogens with zero attached hydrogens (tertiary/aromatic N) is 5. The van der Waals surface area contributed by atoms with Crippen molar-refractivity contribution in [1.29, 1.82) is 0 Å². The number of piperazine rings is 1. The maximum absolute atomic E-state index is 12.3. The van der Waals surface area contributed by atoms with Gasteiger partial charge in [-0.2, -0.15) is 0 Å². The number of pyridine rings is 1. The molecule has 0 aliphatic carbocycles. The predicted molar refractivity (Wildman–Crippen MR) is 122 cm³/mol. The van der Waals surface area contributed by atoms with Crippen molar-refractivity contribution in [2.45, 2.75) is 13.5 Å². The van der Waals surface area contributed by atoms with Crippen molar-refractivity contribution in [2.75, 3.05) is 38.0 Å². The van der Waals surface area contributed by atoms with Crippen molar-refractivity contribution in [3.8, 4) is 11.3 Å². The van der Waals surface area contributed by atoms with Crippen LogP contribution in [0.3, 0.4) is 0 Å². The number of benzene rings is 1. The van der Waals surface area contributed by atoms with E-state index in [-0.39, 0.29) is 5.91 Å². The van der Waals surface area contributed by atoms with Gasteiger partial charge in [-0.25, -0.2) is 4.98 Å². The van der Waals surface area contributed by atoms with E-state index in [0.717, 1.165) is 49.6 Å². The first-order valence-corrected chi connectivity index (χ1v) is 10.8. The molecule has 0 saturated carbocycles. The van der Waals surface area contributed by atoms with Crippen LogP contribution in [0.15, 0.2) is 65.3 Å². The Morgan fingerprint density at radius 2 is 1.78 bits per heavy atom. The molecule has 32 heavy (non-hydrogen) atoms. The molecule has 0 unspecified atom stereocenters. The number of amides is 1. The van der Waals surface area contributed by atoms with Gasteiger partial charge >= 0.3 is 0 Å². The van der Waals surface area contributed by atoms with Gasteiger partial charge in [0.15, 0.2) is 5.82 Å². The van der Waals surface area contributed by atoms with Gasteiger partial charge in [0.2, 0.25) is 5.91 Å². The third-order valence-electron chi connectivity index (χ3n) is 5.78. The van der Waals surface area contributed by atoms with Gasteiger partial charge in [-0.15, -0.1) is 0 Å². The molecule has 1 fully saturated rings. The maximum atomic E-state index is 12.3. The average molecular weight is 431 g/mol.